The van der Waals surface area contributed by atoms with Gasteiger partial charge in [0.25, 0.3) is 5.41 Å². The summed E-state index contributed by atoms with van der Waals surface area (Å²) in [5.41, 5.74) is -2.99. The van der Waals surface area contributed by atoms with Crippen LogP contribution in [0.4, 0.5) is 0 Å². The fourth-order valence-electron chi connectivity index (χ4n) is 1.07. The second-order valence-electron chi connectivity index (χ2n) is 2.98. The smallest absolute Gasteiger partial charge is 0.488 e. The number of hydrogen-bond donors (Lipinski definition) is 3. The van der Waals surface area contributed by atoms with Crippen LogP contribution in [0.25, 0.3) is 0 Å². The van der Waals surface area contributed by atoms with E-state index in [1.165, 1.54) is 0 Å². The van der Waals surface area contributed by atoms with Crippen molar-refractivity contribution in [2.24, 2.45) is 5.41 Å². The quantitative estimate of drug-likeness (QED) is 0.286. The van der Waals surface area contributed by atoms with Gasteiger partial charge in [-0.2, -0.15) is 0 Å². The van der Waals surface area contributed by atoms with Crippen molar-refractivity contribution in [3.63, 3.8) is 0 Å². The summed E-state index contributed by atoms with van der Waals surface area (Å²) in [6.07, 6.45) is -1.12. The minimum absolute atomic E-state index is 0.339. The second-order valence-corrected chi connectivity index (χ2v) is 3.69. The molecule has 0 rings (SSSR count). The van der Waals surface area contributed by atoms with Gasteiger partial charge >= 0.3 is 26.2 Å². The lowest BCUT2D eigenvalue weighted by Crippen LogP contribution is -2.46. The van der Waals surface area contributed by atoms with E-state index in [2.05, 4.69) is 4.52 Å². The molecule has 0 aliphatic carbocycles. The van der Waals surface area contributed by atoms with E-state index in [9.17, 15) is 23.8 Å². The van der Waals surface area contributed by atoms with E-state index in [1.807, 2.05) is 0 Å². The predicted molar refractivity (Wildman–Crippen MR) is 48.1 cm³/mol. The third-order valence-electron chi connectivity index (χ3n) is 1.99. The Morgan fingerprint density at radius 2 is 1.53 bits per heavy atom. The average molecular weight is 268 g/mol. The summed E-state index contributed by atoms with van der Waals surface area (Å²) in [5.74, 6) is -6.07. The van der Waals surface area contributed by atoms with E-state index in [0.717, 1.165) is 0 Å². The van der Waals surface area contributed by atoms with Crippen LogP contribution in [0.5, 0.6) is 0 Å². The van der Waals surface area contributed by atoms with E-state index in [4.69, 9.17) is 15.3 Å². The molecule has 0 aliphatic heterocycles. The lowest BCUT2D eigenvalue weighted by molar-refractivity contribution is -0.185. The first-order chi connectivity index (χ1) is 7.75. The number of rotatable bonds is 8. The molecule has 17 heavy (non-hydrogen) atoms. The summed E-state index contributed by atoms with van der Waals surface area (Å²) in [6.45, 7) is -0.478. The zero-order valence-electron chi connectivity index (χ0n) is 8.36. The van der Waals surface area contributed by atoms with E-state index >= 15 is 0 Å². The molecule has 0 fully saturated rings. The van der Waals surface area contributed by atoms with Crippen LogP contribution in [-0.4, -0.2) is 39.8 Å². The van der Waals surface area contributed by atoms with Gasteiger partial charge in [-0.05, 0) is 17.4 Å². The Labute approximate surface area is 95.6 Å². The minimum atomic E-state index is -3.14. The summed E-state index contributed by atoms with van der Waals surface area (Å²) < 4.78 is 14.0. The largest absolute Gasteiger partial charge is 0.566 e. The van der Waals surface area contributed by atoms with Crippen LogP contribution in [0.15, 0.2) is 0 Å². The lowest BCUT2D eigenvalue weighted by Gasteiger charge is -2.18. The molecular weight excluding hydrogens is 259 g/mol. The highest BCUT2D eigenvalue weighted by Gasteiger charge is 2.53. The molecule has 0 aromatic rings. The molecule has 0 saturated heterocycles. The summed E-state index contributed by atoms with van der Waals surface area (Å²) >= 11 is 0. The van der Waals surface area contributed by atoms with Gasteiger partial charge in [0.2, 0.25) is 0 Å². The zero-order valence-corrected chi connectivity index (χ0v) is 9.25. The summed E-state index contributed by atoms with van der Waals surface area (Å²) in [5, 5.41) is 26.0. The monoisotopic (exact) mass is 268 g/mol. The standard InChI is InChI=1S/C7H9O9P/c8-4(9)7(5(10)11,6(12)13)2-1-3-16-17(14)15/h1-3H2,(H,8,9)(H,10,11)(H,12,13). The van der Waals surface area contributed by atoms with E-state index in [0.29, 0.717) is 0 Å². The molecule has 10 heteroatoms. The van der Waals surface area contributed by atoms with Crippen molar-refractivity contribution in [1.29, 1.82) is 0 Å². The number of hydrogen-bond acceptors (Lipinski definition) is 6. The number of aliphatic carboxylic acids is 3. The van der Waals surface area contributed by atoms with Crippen LogP contribution < -0.4 is 4.89 Å². The highest BCUT2D eigenvalue weighted by molar-refractivity contribution is 7.30. The highest BCUT2D eigenvalue weighted by atomic mass is 31.1. The van der Waals surface area contributed by atoms with Crippen molar-refractivity contribution in [3.05, 3.63) is 0 Å². The molecule has 1 unspecified atom stereocenters. The number of carboxylic acid groups (broad SMARTS) is 3. The molecular formula is C7H9O9P. The van der Waals surface area contributed by atoms with Gasteiger partial charge in [0, 0.05) is 0 Å². The average Bonchev–Trinajstić information content (AvgIpc) is 2.15. The molecule has 0 aromatic carbocycles. The van der Waals surface area contributed by atoms with Crippen molar-refractivity contribution >= 4 is 26.2 Å². The van der Waals surface area contributed by atoms with Gasteiger partial charge < -0.3 is 20.2 Å². The van der Waals surface area contributed by atoms with Crippen LogP contribution in [0.1, 0.15) is 12.8 Å². The maximum atomic E-state index is 10.7. The van der Waals surface area contributed by atoms with Crippen LogP contribution in [-0.2, 0) is 23.5 Å². The molecule has 3 N–H and O–H groups in total. The lowest BCUT2D eigenvalue weighted by atomic mass is 9.83. The van der Waals surface area contributed by atoms with Crippen molar-refractivity contribution in [1.82, 2.24) is 0 Å². The zero-order chi connectivity index (χ0) is 13.6. The van der Waals surface area contributed by atoms with Crippen LogP contribution in [0.3, 0.4) is 0 Å². The molecule has 9 nitrogen and oxygen atoms in total. The fraction of sp³-hybridized carbons (Fsp3) is 0.571. The van der Waals surface area contributed by atoms with Crippen molar-refractivity contribution in [2.75, 3.05) is 6.61 Å². The first-order valence-electron chi connectivity index (χ1n) is 4.22. The Bertz CT molecular complexity index is 313. The summed E-state index contributed by atoms with van der Waals surface area (Å²) in [7, 11) is -3.14. The van der Waals surface area contributed by atoms with Gasteiger partial charge in [-0.15, -0.1) is 4.52 Å². The Balaban J connectivity index is 4.72. The maximum Gasteiger partial charge on any atom is 0.488 e. The number of carboxylic acids is 3. The fourth-order valence-corrected chi connectivity index (χ4v) is 1.35. The maximum absolute atomic E-state index is 10.7. The third kappa shape index (κ3) is 3.74. The Morgan fingerprint density at radius 1 is 1.12 bits per heavy atom. The van der Waals surface area contributed by atoms with Crippen molar-refractivity contribution in [2.45, 2.75) is 12.8 Å². The number of carbonyl (C=O) groups is 3. The molecule has 0 amide bonds. The Hall–Kier alpha value is -1.57. The van der Waals surface area contributed by atoms with Gasteiger partial charge in [0.15, 0.2) is 0 Å². The van der Waals surface area contributed by atoms with Crippen LogP contribution in [0.2, 0.25) is 0 Å². The molecule has 0 heterocycles. The molecule has 0 radical (unpaired) electrons. The molecule has 0 bridgehead atoms. The first kappa shape index (κ1) is 15.4. The van der Waals surface area contributed by atoms with Gasteiger partial charge in [0.05, 0.1) is 0 Å². The minimum Gasteiger partial charge on any atom is -0.566 e. The van der Waals surface area contributed by atoms with E-state index in [1.54, 1.807) is 0 Å². The summed E-state index contributed by atoms with van der Waals surface area (Å²) in [4.78, 5) is 42.1. The second kappa shape index (κ2) is 6.24. The Kier molecular flexibility index (Phi) is 5.66. The molecule has 0 aliphatic rings. The molecule has 0 spiro atoms. The van der Waals surface area contributed by atoms with Gasteiger partial charge in [0.1, 0.15) is 6.61 Å². The van der Waals surface area contributed by atoms with Gasteiger partial charge in [-0.1, -0.05) is 0 Å². The van der Waals surface area contributed by atoms with E-state index < -0.39 is 44.6 Å². The first-order valence-corrected chi connectivity index (χ1v) is 5.32. The van der Waals surface area contributed by atoms with Crippen molar-refractivity contribution in [3.8, 4) is 0 Å². The highest BCUT2D eigenvalue weighted by Crippen LogP contribution is 2.26. The topological polar surface area (TPSA) is 161 Å². The van der Waals surface area contributed by atoms with Crippen molar-refractivity contribution < 1.29 is 43.7 Å². The van der Waals surface area contributed by atoms with Gasteiger partial charge in [-0.3, -0.25) is 14.4 Å². The molecule has 1 atom stereocenters. The van der Waals surface area contributed by atoms with Crippen LogP contribution in [0, 0.1) is 5.41 Å². The SMILES string of the molecule is O=C(O)C(CCCO[P+](=O)[O-])(C(=O)O)C(=O)O. The predicted octanol–water partition coefficient (Wildman–Crippen LogP) is -0.959. The van der Waals surface area contributed by atoms with Gasteiger partial charge in [-0.25, -0.2) is 0 Å². The third-order valence-corrected chi connectivity index (χ3v) is 2.38. The van der Waals surface area contributed by atoms with Crippen LogP contribution >= 0.6 is 8.25 Å². The summed E-state index contributed by atoms with van der Waals surface area (Å²) in [6, 6.07) is 0. The molecule has 0 aromatic heterocycles. The molecule has 96 valence electrons. The van der Waals surface area contributed by atoms with E-state index in [-0.39, 0.29) is 6.42 Å². The Morgan fingerprint density at radius 3 is 1.82 bits per heavy atom. The molecule has 0 saturated carbocycles. The normalized spacial score (nSPS) is 11.9.